The van der Waals surface area contributed by atoms with Crippen LogP contribution in [0.1, 0.15) is 5.69 Å². The van der Waals surface area contributed by atoms with Gasteiger partial charge in [0, 0.05) is 17.1 Å². The zero-order valence-corrected chi connectivity index (χ0v) is 12.8. The van der Waals surface area contributed by atoms with Gasteiger partial charge in [0.15, 0.2) is 5.82 Å². The maximum atomic E-state index is 5.86. The molecule has 0 unspecified atom stereocenters. The largest absolute Gasteiger partial charge is 0.383 e. The first-order valence-corrected chi connectivity index (χ1v) is 6.77. The Labute approximate surface area is 122 Å². The quantitative estimate of drug-likeness (QED) is 0.896. The molecule has 0 saturated carbocycles. The summed E-state index contributed by atoms with van der Waals surface area (Å²) in [4.78, 5) is 8.72. The van der Waals surface area contributed by atoms with Crippen molar-refractivity contribution in [1.82, 2.24) is 9.97 Å². The molecule has 94 valence electrons. The number of methoxy groups -OCH3 is 1. The highest BCUT2D eigenvalue weighted by molar-refractivity contribution is 9.11. The van der Waals surface area contributed by atoms with Crippen LogP contribution in [0.15, 0.2) is 33.2 Å². The lowest BCUT2D eigenvalue weighted by Crippen LogP contribution is -2.03. The van der Waals surface area contributed by atoms with Crippen molar-refractivity contribution in [3.63, 3.8) is 0 Å². The number of nitrogens with zero attached hydrogens (tertiary/aromatic N) is 2. The van der Waals surface area contributed by atoms with Gasteiger partial charge in [-0.3, -0.25) is 0 Å². The van der Waals surface area contributed by atoms with E-state index in [1.165, 1.54) is 0 Å². The van der Waals surface area contributed by atoms with Crippen LogP contribution in [0.4, 0.5) is 5.82 Å². The Hall–Kier alpha value is -0.980. The minimum Gasteiger partial charge on any atom is -0.383 e. The van der Waals surface area contributed by atoms with Gasteiger partial charge in [-0.1, -0.05) is 28.1 Å². The van der Waals surface area contributed by atoms with Gasteiger partial charge in [-0.2, -0.15) is 0 Å². The van der Waals surface area contributed by atoms with Gasteiger partial charge in [-0.05, 0) is 28.1 Å². The Morgan fingerprint density at radius 2 is 2.06 bits per heavy atom. The molecular formula is C12H11Br2N3O. The summed E-state index contributed by atoms with van der Waals surface area (Å²) in [6.45, 7) is 0.383. The van der Waals surface area contributed by atoms with Crippen LogP contribution in [0, 0.1) is 0 Å². The first-order valence-electron chi connectivity index (χ1n) is 5.18. The van der Waals surface area contributed by atoms with Crippen LogP contribution in [0.3, 0.4) is 0 Å². The van der Waals surface area contributed by atoms with Crippen molar-refractivity contribution in [2.24, 2.45) is 0 Å². The molecule has 0 saturated heterocycles. The predicted octanol–water partition coefficient (Wildman–Crippen LogP) is 3.40. The molecule has 0 amide bonds. The lowest BCUT2D eigenvalue weighted by molar-refractivity contribution is 0.181. The highest BCUT2D eigenvalue weighted by Gasteiger charge is 2.11. The third-order valence-electron chi connectivity index (χ3n) is 2.31. The molecule has 0 bridgehead atoms. The SMILES string of the molecule is COCc1nc(-c2cccc(Br)c2)nc(N)c1Br. The molecule has 0 aliphatic rings. The van der Waals surface area contributed by atoms with Crippen LogP contribution in [0.2, 0.25) is 0 Å². The van der Waals surface area contributed by atoms with E-state index in [1.54, 1.807) is 7.11 Å². The molecule has 0 radical (unpaired) electrons. The fraction of sp³-hybridized carbons (Fsp3) is 0.167. The van der Waals surface area contributed by atoms with Crippen LogP contribution in [0.5, 0.6) is 0 Å². The standard InChI is InChI=1S/C12H11Br2N3O/c1-18-6-9-10(14)11(15)17-12(16-9)7-3-2-4-8(13)5-7/h2-5H,6H2,1H3,(H2,15,16,17). The highest BCUT2D eigenvalue weighted by atomic mass is 79.9. The second-order valence-corrected chi connectivity index (χ2v) is 5.35. The number of benzene rings is 1. The van der Waals surface area contributed by atoms with Crippen molar-refractivity contribution in [2.45, 2.75) is 6.61 Å². The van der Waals surface area contributed by atoms with Crippen LogP contribution in [-0.2, 0) is 11.3 Å². The van der Waals surface area contributed by atoms with Crippen LogP contribution >= 0.6 is 31.9 Å². The monoisotopic (exact) mass is 371 g/mol. The summed E-state index contributed by atoms with van der Waals surface area (Å²) in [6.07, 6.45) is 0. The van der Waals surface area contributed by atoms with Gasteiger partial charge in [0.2, 0.25) is 0 Å². The summed E-state index contributed by atoms with van der Waals surface area (Å²) in [7, 11) is 1.61. The number of nitrogens with two attached hydrogens (primary N) is 1. The molecule has 1 heterocycles. The Morgan fingerprint density at radius 1 is 1.28 bits per heavy atom. The Kier molecular flexibility index (Phi) is 4.31. The van der Waals surface area contributed by atoms with Gasteiger partial charge in [-0.15, -0.1) is 0 Å². The number of hydrogen-bond acceptors (Lipinski definition) is 4. The van der Waals surface area contributed by atoms with Crippen molar-refractivity contribution in [3.8, 4) is 11.4 Å². The molecule has 4 nitrogen and oxygen atoms in total. The number of hydrogen-bond donors (Lipinski definition) is 1. The Morgan fingerprint density at radius 3 is 2.72 bits per heavy atom. The number of nitrogen functional groups attached to an aromatic ring is 1. The predicted molar refractivity (Wildman–Crippen MR) is 78.0 cm³/mol. The Balaban J connectivity index is 2.51. The highest BCUT2D eigenvalue weighted by Crippen LogP contribution is 2.26. The average Bonchev–Trinajstić information content (AvgIpc) is 2.35. The van der Waals surface area contributed by atoms with Crippen LogP contribution in [0.25, 0.3) is 11.4 Å². The number of halogens is 2. The number of anilines is 1. The van der Waals surface area contributed by atoms with E-state index >= 15 is 0 Å². The van der Waals surface area contributed by atoms with E-state index in [4.69, 9.17) is 10.5 Å². The van der Waals surface area contributed by atoms with Crippen molar-refractivity contribution in [2.75, 3.05) is 12.8 Å². The fourth-order valence-electron chi connectivity index (χ4n) is 1.50. The minimum atomic E-state index is 0.383. The summed E-state index contributed by atoms with van der Waals surface area (Å²) in [5.41, 5.74) is 7.50. The molecule has 2 N–H and O–H groups in total. The summed E-state index contributed by atoms with van der Waals surface area (Å²) < 4.78 is 6.75. The normalized spacial score (nSPS) is 10.6. The third-order valence-corrected chi connectivity index (χ3v) is 3.67. The van der Waals surface area contributed by atoms with Gasteiger partial charge in [0.1, 0.15) is 5.82 Å². The zero-order chi connectivity index (χ0) is 13.1. The lowest BCUT2D eigenvalue weighted by atomic mass is 10.2. The van der Waals surface area contributed by atoms with Crippen molar-refractivity contribution < 1.29 is 4.74 Å². The molecule has 2 rings (SSSR count). The summed E-state index contributed by atoms with van der Waals surface area (Å²) in [5.74, 6) is 0.996. The third kappa shape index (κ3) is 2.88. The van der Waals surface area contributed by atoms with Gasteiger partial charge in [-0.25, -0.2) is 9.97 Å². The maximum Gasteiger partial charge on any atom is 0.161 e. The molecule has 1 aromatic heterocycles. The topological polar surface area (TPSA) is 61.0 Å². The molecule has 0 atom stereocenters. The Bertz CT molecular complexity index is 575. The zero-order valence-electron chi connectivity index (χ0n) is 9.65. The summed E-state index contributed by atoms with van der Waals surface area (Å²) in [6, 6.07) is 7.75. The lowest BCUT2D eigenvalue weighted by Gasteiger charge is -2.08. The van der Waals surface area contributed by atoms with Gasteiger partial charge >= 0.3 is 0 Å². The molecule has 2 aromatic rings. The molecule has 0 spiro atoms. The molecule has 0 aliphatic carbocycles. The minimum absolute atomic E-state index is 0.383. The van der Waals surface area contributed by atoms with Crippen molar-refractivity contribution in [3.05, 3.63) is 38.9 Å². The van der Waals surface area contributed by atoms with Crippen LogP contribution in [-0.4, -0.2) is 17.1 Å². The maximum absolute atomic E-state index is 5.86. The first-order chi connectivity index (χ1) is 8.61. The first kappa shape index (κ1) is 13.5. The molecule has 0 fully saturated rings. The van der Waals surface area contributed by atoms with E-state index in [-0.39, 0.29) is 0 Å². The van der Waals surface area contributed by atoms with Crippen LogP contribution < -0.4 is 5.73 Å². The average molecular weight is 373 g/mol. The smallest absolute Gasteiger partial charge is 0.161 e. The van der Waals surface area contributed by atoms with E-state index in [0.29, 0.717) is 22.7 Å². The number of aromatic nitrogens is 2. The summed E-state index contributed by atoms with van der Waals surface area (Å²) in [5, 5.41) is 0. The molecule has 1 aromatic carbocycles. The van der Waals surface area contributed by atoms with Gasteiger partial charge < -0.3 is 10.5 Å². The van der Waals surface area contributed by atoms with E-state index in [0.717, 1.165) is 15.7 Å². The van der Waals surface area contributed by atoms with E-state index < -0.39 is 0 Å². The molecular weight excluding hydrogens is 362 g/mol. The van der Waals surface area contributed by atoms with Gasteiger partial charge in [0.05, 0.1) is 16.8 Å². The van der Waals surface area contributed by atoms with E-state index in [2.05, 4.69) is 41.8 Å². The van der Waals surface area contributed by atoms with Gasteiger partial charge in [0.25, 0.3) is 0 Å². The fourth-order valence-corrected chi connectivity index (χ4v) is 2.19. The molecule has 18 heavy (non-hydrogen) atoms. The number of rotatable bonds is 3. The van der Waals surface area contributed by atoms with Crippen molar-refractivity contribution in [1.29, 1.82) is 0 Å². The second-order valence-electron chi connectivity index (χ2n) is 3.64. The van der Waals surface area contributed by atoms with E-state index in [9.17, 15) is 0 Å². The van der Waals surface area contributed by atoms with Crippen molar-refractivity contribution >= 4 is 37.7 Å². The number of ether oxygens (including phenoxy) is 1. The van der Waals surface area contributed by atoms with E-state index in [1.807, 2.05) is 24.3 Å². The second kappa shape index (κ2) is 5.77. The molecule has 0 aliphatic heterocycles. The summed E-state index contributed by atoms with van der Waals surface area (Å²) >= 11 is 6.78. The molecule has 6 heteroatoms.